The predicted molar refractivity (Wildman–Crippen MR) is 58.0 cm³/mol. The first-order chi connectivity index (χ1) is 7.29. The first-order valence-corrected chi connectivity index (χ1v) is 5.25. The largest absolute Gasteiger partial charge is 0.493 e. The maximum Gasteiger partial charge on any atom is 0.176 e. The van der Waals surface area contributed by atoms with Gasteiger partial charge in [-0.05, 0) is 30.9 Å². The van der Waals surface area contributed by atoms with Crippen LogP contribution < -0.4 is 10.5 Å². The molecule has 0 radical (unpaired) electrons. The van der Waals surface area contributed by atoms with Crippen LogP contribution in [0.5, 0.6) is 5.75 Å². The molecule has 0 bridgehead atoms. The molecule has 0 saturated heterocycles. The number of benzene rings is 1. The monoisotopic (exact) mass is 205 g/mol. The van der Waals surface area contributed by atoms with Crippen LogP contribution in [0.2, 0.25) is 0 Å². The van der Waals surface area contributed by atoms with E-state index in [2.05, 4.69) is 0 Å². The Hall–Kier alpha value is -1.35. The van der Waals surface area contributed by atoms with E-state index in [0.29, 0.717) is 5.56 Å². The standard InChI is InChI=1S/C12H15NO2/c13-7-12(14)10-2-1-3-11(6-10)15-8-9-4-5-9/h1-3,6,9H,4-5,7-8,13H2. The van der Waals surface area contributed by atoms with Crippen LogP contribution >= 0.6 is 0 Å². The van der Waals surface area contributed by atoms with Crippen molar-refractivity contribution in [3.63, 3.8) is 0 Å². The molecule has 1 saturated carbocycles. The maximum atomic E-state index is 11.3. The number of carbonyl (C=O) groups is 1. The molecule has 0 aliphatic heterocycles. The van der Waals surface area contributed by atoms with Crippen LogP contribution in [0.25, 0.3) is 0 Å². The summed E-state index contributed by atoms with van der Waals surface area (Å²) in [6.45, 7) is 0.812. The minimum atomic E-state index is -0.0492. The molecule has 0 aromatic heterocycles. The fraction of sp³-hybridized carbons (Fsp3) is 0.417. The number of carbonyl (C=O) groups excluding carboxylic acids is 1. The Bertz CT molecular complexity index is 358. The molecular weight excluding hydrogens is 190 g/mol. The second kappa shape index (κ2) is 4.45. The second-order valence-electron chi connectivity index (χ2n) is 3.91. The summed E-state index contributed by atoms with van der Waals surface area (Å²) in [7, 11) is 0. The minimum absolute atomic E-state index is 0.0477. The van der Waals surface area contributed by atoms with Gasteiger partial charge in [0.1, 0.15) is 5.75 Å². The van der Waals surface area contributed by atoms with Crippen molar-refractivity contribution in [1.29, 1.82) is 0 Å². The summed E-state index contributed by atoms with van der Waals surface area (Å²) < 4.78 is 5.57. The summed E-state index contributed by atoms with van der Waals surface area (Å²) in [6.07, 6.45) is 2.53. The van der Waals surface area contributed by atoms with E-state index in [1.165, 1.54) is 12.8 Å². The van der Waals surface area contributed by atoms with Gasteiger partial charge in [-0.2, -0.15) is 0 Å². The van der Waals surface area contributed by atoms with Crippen LogP contribution in [0, 0.1) is 5.92 Å². The first kappa shape index (κ1) is 10.2. The number of Topliss-reactive ketones (excluding diaryl/α,β-unsaturated/α-hetero) is 1. The molecule has 0 atom stereocenters. The fourth-order valence-corrected chi connectivity index (χ4v) is 1.38. The molecule has 0 spiro atoms. The van der Waals surface area contributed by atoms with Gasteiger partial charge in [-0.1, -0.05) is 12.1 Å². The van der Waals surface area contributed by atoms with Crippen molar-refractivity contribution in [3.8, 4) is 5.75 Å². The van der Waals surface area contributed by atoms with E-state index in [0.717, 1.165) is 18.3 Å². The lowest BCUT2D eigenvalue weighted by Gasteiger charge is -2.06. The SMILES string of the molecule is NCC(=O)c1cccc(OCC2CC2)c1. The highest BCUT2D eigenvalue weighted by Crippen LogP contribution is 2.29. The van der Waals surface area contributed by atoms with Gasteiger partial charge in [-0.15, -0.1) is 0 Å². The van der Waals surface area contributed by atoms with E-state index in [1.807, 2.05) is 12.1 Å². The predicted octanol–water partition coefficient (Wildman–Crippen LogP) is 1.62. The number of hydrogen-bond donors (Lipinski definition) is 1. The van der Waals surface area contributed by atoms with Crippen molar-refractivity contribution in [2.24, 2.45) is 11.7 Å². The van der Waals surface area contributed by atoms with Crippen LogP contribution in [-0.2, 0) is 0 Å². The van der Waals surface area contributed by atoms with Crippen LogP contribution in [0.3, 0.4) is 0 Å². The summed E-state index contributed by atoms with van der Waals surface area (Å²) in [5, 5.41) is 0. The van der Waals surface area contributed by atoms with E-state index in [1.54, 1.807) is 12.1 Å². The molecule has 2 N–H and O–H groups in total. The number of hydrogen-bond acceptors (Lipinski definition) is 3. The fourth-order valence-electron chi connectivity index (χ4n) is 1.38. The van der Waals surface area contributed by atoms with Gasteiger partial charge in [0.2, 0.25) is 0 Å². The highest BCUT2D eigenvalue weighted by molar-refractivity contribution is 5.97. The molecule has 3 nitrogen and oxygen atoms in total. The van der Waals surface area contributed by atoms with E-state index in [9.17, 15) is 4.79 Å². The van der Waals surface area contributed by atoms with E-state index in [4.69, 9.17) is 10.5 Å². The lowest BCUT2D eigenvalue weighted by atomic mass is 10.1. The normalized spacial score (nSPS) is 15.0. The molecule has 1 aromatic rings. The van der Waals surface area contributed by atoms with Crippen molar-refractivity contribution in [2.45, 2.75) is 12.8 Å². The van der Waals surface area contributed by atoms with Crippen molar-refractivity contribution in [1.82, 2.24) is 0 Å². The molecule has 0 amide bonds. The van der Waals surface area contributed by atoms with E-state index >= 15 is 0 Å². The Morgan fingerprint density at radius 2 is 2.27 bits per heavy atom. The summed E-state index contributed by atoms with van der Waals surface area (Å²) in [4.78, 5) is 11.3. The molecule has 1 aliphatic carbocycles. The van der Waals surface area contributed by atoms with Gasteiger partial charge in [0.15, 0.2) is 5.78 Å². The summed E-state index contributed by atoms with van der Waals surface area (Å²) >= 11 is 0. The van der Waals surface area contributed by atoms with Gasteiger partial charge in [-0.25, -0.2) is 0 Å². The summed E-state index contributed by atoms with van der Waals surface area (Å²) in [5.41, 5.74) is 5.93. The van der Waals surface area contributed by atoms with Crippen LogP contribution in [0.15, 0.2) is 24.3 Å². The Morgan fingerprint density at radius 1 is 1.47 bits per heavy atom. The van der Waals surface area contributed by atoms with E-state index in [-0.39, 0.29) is 12.3 Å². The third-order valence-corrected chi connectivity index (χ3v) is 2.52. The third-order valence-electron chi connectivity index (χ3n) is 2.52. The van der Waals surface area contributed by atoms with Crippen molar-refractivity contribution < 1.29 is 9.53 Å². The molecular formula is C12H15NO2. The second-order valence-corrected chi connectivity index (χ2v) is 3.91. The van der Waals surface area contributed by atoms with Crippen LogP contribution in [-0.4, -0.2) is 18.9 Å². The maximum absolute atomic E-state index is 11.3. The van der Waals surface area contributed by atoms with Gasteiger partial charge in [0.25, 0.3) is 0 Å². The smallest absolute Gasteiger partial charge is 0.176 e. The number of ketones is 1. The lowest BCUT2D eigenvalue weighted by molar-refractivity contribution is 0.100. The molecule has 1 aliphatic rings. The zero-order chi connectivity index (χ0) is 10.7. The summed E-state index contributed by atoms with van der Waals surface area (Å²) in [5.74, 6) is 1.44. The molecule has 0 unspecified atom stereocenters. The highest BCUT2D eigenvalue weighted by Gasteiger charge is 2.21. The molecule has 3 heteroatoms. The quantitative estimate of drug-likeness (QED) is 0.743. The van der Waals surface area contributed by atoms with Crippen molar-refractivity contribution in [2.75, 3.05) is 13.2 Å². The van der Waals surface area contributed by atoms with Crippen molar-refractivity contribution >= 4 is 5.78 Å². The zero-order valence-corrected chi connectivity index (χ0v) is 8.61. The summed E-state index contributed by atoms with van der Waals surface area (Å²) in [6, 6.07) is 7.22. The van der Waals surface area contributed by atoms with Gasteiger partial charge >= 0.3 is 0 Å². The van der Waals surface area contributed by atoms with E-state index < -0.39 is 0 Å². The van der Waals surface area contributed by atoms with Crippen LogP contribution in [0.1, 0.15) is 23.2 Å². The van der Waals surface area contributed by atoms with Crippen LogP contribution in [0.4, 0.5) is 0 Å². The lowest BCUT2D eigenvalue weighted by Crippen LogP contribution is -2.13. The Balaban J connectivity index is 2.00. The third kappa shape index (κ3) is 2.80. The average molecular weight is 205 g/mol. The number of rotatable bonds is 5. The molecule has 2 rings (SSSR count). The molecule has 15 heavy (non-hydrogen) atoms. The topological polar surface area (TPSA) is 52.3 Å². The Labute approximate surface area is 89.2 Å². The minimum Gasteiger partial charge on any atom is -0.493 e. The first-order valence-electron chi connectivity index (χ1n) is 5.25. The Morgan fingerprint density at radius 3 is 2.93 bits per heavy atom. The zero-order valence-electron chi connectivity index (χ0n) is 8.61. The van der Waals surface area contributed by atoms with Gasteiger partial charge in [-0.3, -0.25) is 4.79 Å². The molecule has 1 aromatic carbocycles. The molecule has 80 valence electrons. The molecule has 1 fully saturated rings. The van der Waals surface area contributed by atoms with Gasteiger partial charge in [0.05, 0.1) is 13.2 Å². The van der Waals surface area contributed by atoms with Gasteiger partial charge in [0, 0.05) is 5.56 Å². The average Bonchev–Trinajstić information content (AvgIpc) is 3.09. The highest BCUT2D eigenvalue weighted by atomic mass is 16.5. The van der Waals surface area contributed by atoms with Gasteiger partial charge < -0.3 is 10.5 Å². The van der Waals surface area contributed by atoms with Crippen molar-refractivity contribution in [3.05, 3.63) is 29.8 Å². The molecule has 0 heterocycles. The Kier molecular flexibility index (Phi) is 3.02. The number of ether oxygens (including phenoxy) is 1. The number of nitrogens with two attached hydrogens (primary N) is 1.